The Balaban J connectivity index is 2.03. The van der Waals surface area contributed by atoms with Gasteiger partial charge in [-0.15, -0.1) is 0 Å². The second kappa shape index (κ2) is 6.17. The minimum atomic E-state index is -0.554. The average molecular weight is 303 g/mol. The molecule has 4 amide bonds. The predicted molar refractivity (Wildman–Crippen MR) is 83.4 cm³/mol. The van der Waals surface area contributed by atoms with Gasteiger partial charge in [0.05, 0.1) is 0 Å². The van der Waals surface area contributed by atoms with Crippen LogP contribution in [0.1, 0.15) is 25.0 Å². The molecule has 0 saturated carbocycles. The van der Waals surface area contributed by atoms with E-state index in [4.69, 9.17) is 0 Å². The van der Waals surface area contributed by atoms with Crippen molar-refractivity contribution in [3.8, 4) is 0 Å². The van der Waals surface area contributed by atoms with Crippen LogP contribution in [0.3, 0.4) is 0 Å². The van der Waals surface area contributed by atoms with Crippen LogP contribution < -0.4 is 10.6 Å². The number of aryl methyl sites for hydroxylation is 2. The van der Waals surface area contributed by atoms with E-state index in [1.165, 1.54) is 0 Å². The molecule has 1 saturated heterocycles. The summed E-state index contributed by atoms with van der Waals surface area (Å²) >= 11 is 0. The topological polar surface area (TPSA) is 78.5 Å². The summed E-state index contributed by atoms with van der Waals surface area (Å²) in [4.78, 5) is 37.0. The quantitative estimate of drug-likeness (QED) is 0.833. The molecule has 1 aromatic rings. The van der Waals surface area contributed by atoms with Gasteiger partial charge in [-0.3, -0.25) is 14.5 Å². The van der Waals surface area contributed by atoms with Crippen molar-refractivity contribution in [3.63, 3.8) is 0 Å². The highest BCUT2D eigenvalue weighted by atomic mass is 16.2. The van der Waals surface area contributed by atoms with Crippen LogP contribution in [-0.4, -0.2) is 35.3 Å². The van der Waals surface area contributed by atoms with Gasteiger partial charge in [-0.1, -0.05) is 19.9 Å². The van der Waals surface area contributed by atoms with Crippen molar-refractivity contribution in [2.45, 2.75) is 33.7 Å². The zero-order chi connectivity index (χ0) is 16.4. The molecule has 1 aromatic carbocycles. The highest BCUT2D eigenvalue weighted by Gasteiger charge is 2.40. The van der Waals surface area contributed by atoms with E-state index in [1.807, 2.05) is 45.9 Å². The maximum Gasteiger partial charge on any atom is 0.325 e. The van der Waals surface area contributed by atoms with Gasteiger partial charge in [0.1, 0.15) is 12.6 Å². The molecular formula is C16H21N3O3. The number of imide groups is 1. The maximum atomic E-state index is 12.1. The number of benzene rings is 1. The van der Waals surface area contributed by atoms with Crippen LogP contribution in [0.25, 0.3) is 0 Å². The SMILES string of the molecule is Cc1cc(C)cc(NC(=O)CN2C(=O)NC(C(C)C)C2=O)c1. The van der Waals surface area contributed by atoms with E-state index >= 15 is 0 Å². The molecule has 0 aromatic heterocycles. The van der Waals surface area contributed by atoms with Gasteiger partial charge >= 0.3 is 6.03 Å². The summed E-state index contributed by atoms with van der Waals surface area (Å²) in [6, 6.07) is 4.61. The van der Waals surface area contributed by atoms with E-state index in [1.54, 1.807) is 0 Å². The van der Waals surface area contributed by atoms with Crippen molar-refractivity contribution >= 4 is 23.5 Å². The van der Waals surface area contributed by atoms with Crippen LogP contribution >= 0.6 is 0 Å². The number of rotatable bonds is 4. The van der Waals surface area contributed by atoms with Crippen molar-refractivity contribution in [2.75, 3.05) is 11.9 Å². The second-order valence-corrected chi connectivity index (χ2v) is 6.02. The lowest BCUT2D eigenvalue weighted by molar-refractivity contribution is -0.131. The summed E-state index contributed by atoms with van der Waals surface area (Å²) in [5, 5.41) is 5.32. The van der Waals surface area contributed by atoms with Gasteiger partial charge in [-0.25, -0.2) is 4.79 Å². The summed E-state index contributed by atoms with van der Waals surface area (Å²) in [7, 11) is 0. The Morgan fingerprint density at radius 3 is 2.32 bits per heavy atom. The first-order valence-electron chi connectivity index (χ1n) is 7.28. The van der Waals surface area contributed by atoms with Gasteiger partial charge in [-0.2, -0.15) is 0 Å². The molecule has 0 radical (unpaired) electrons. The van der Waals surface area contributed by atoms with Crippen molar-refractivity contribution in [1.29, 1.82) is 0 Å². The Morgan fingerprint density at radius 2 is 1.82 bits per heavy atom. The van der Waals surface area contributed by atoms with E-state index in [-0.39, 0.29) is 18.4 Å². The molecule has 1 heterocycles. The fourth-order valence-corrected chi connectivity index (χ4v) is 2.53. The lowest BCUT2D eigenvalue weighted by Crippen LogP contribution is -2.39. The number of amides is 4. The molecule has 2 N–H and O–H groups in total. The first kappa shape index (κ1) is 16.0. The third kappa shape index (κ3) is 3.44. The van der Waals surface area contributed by atoms with E-state index < -0.39 is 18.0 Å². The minimum absolute atomic E-state index is 0.0102. The summed E-state index contributed by atoms with van der Waals surface area (Å²) in [5.41, 5.74) is 2.73. The van der Waals surface area contributed by atoms with Gasteiger partial charge in [0.2, 0.25) is 5.91 Å². The van der Waals surface area contributed by atoms with Gasteiger partial charge in [0, 0.05) is 5.69 Å². The molecule has 0 aliphatic carbocycles. The van der Waals surface area contributed by atoms with Crippen molar-refractivity contribution in [2.24, 2.45) is 5.92 Å². The fourth-order valence-electron chi connectivity index (χ4n) is 2.53. The first-order valence-corrected chi connectivity index (χ1v) is 7.28. The van der Waals surface area contributed by atoms with E-state index in [0.29, 0.717) is 5.69 Å². The van der Waals surface area contributed by atoms with Crippen molar-refractivity contribution in [3.05, 3.63) is 29.3 Å². The van der Waals surface area contributed by atoms with Crippen molar-refractivity contribution < 1.29 is 14.4 Å². The number of hydrogen-bond acceptors (Lipinski definition) is 3. The molecule has 0 bridgehead atoms. The van der Waals surface area contributed by atoms with Crippen LogP contribution in [0.15, 0.2) is 18.2 Å². The van der Waals surface area contributed by atoms with Crippen LogP contribution in [0, 0.1) is 19.8 Å². The molecule has 1 aliphatic heterocycles. The Kier molecular flexibility index (Phi) is 4.49. The molecule has 0 spiro atoms. The average Bonchev–Trinajstić information content (AvgIpc) is 2.65. The Morgan fingerprint density at radius 1 is 1.23 bits per heavy atom. The predicted octanol–water partition coefficient (Wildman–Crippen LogP) is 1.82. The second-order valence-electron chi connectivity index (χ2n) is 6.02. The number of hydrogen-bond donors (Lipinski definition) is 2. The molecule has 1 aliphatic rings. The molecule has 6 heteroatoms. The van der Waals surface area contributed by atoms with Crippen LogP contribution in [0.5, 0.6) is 0 Å². The summed E-state index contributed by atoms with van der Waals surface area (Å²) in [6.45, 7) is 7.30. The standard InChI is InChI=1S/C16H21N3O3/c1-9(2)14-15(21)19(16(22)18-14)8-13(20)17-12-6-10(3)5-11(4)7-12/h5-7,9,14H,8H2,1-4H3,(H,17,20)(H,18,22). The number of anilines is 1. The molecule has 1 fully saturated rings. The van der Waals surface area contributed by atoms with Gasteiger partial charge < -0.3 is 10.6 Å². The summed E-state index contributed by atoms with van der Waals surface area (Å²) < 4.78 is 0. The number of nitrogens with one attached hydrogen (secondary N) is 2. The lowest BCUT2D eigenvalue weighted by atomic mass is 10.1. The molecular weight excluding hydrogens is 282 g/mol. The molecule has 1 atom stereocenters. The number of carbonyl (C=O) groups excluding carboxylic acids is 3. The number of carbonyl (C=O) groups is 3. The number of urea groups is 1. The third-order valence-electron chi connectivity index (χ3n) is 3.53. The van der Waals surface area contributed by atoms with E-state index in [9.17, 15) is 14.4 Å². The Labute approximate surface area is 129 Å². The van der Waals surface area contributed by atoms with E-state index in [0.717, 1.165) is 16.0 Å². The zero-order valence-electron chi connectivity index (χ0n) is 13.3. The summed E-state index contributed by atoms with van der Waals surface area (Å²) in [6.07, 6.45) is 0. The smallest absolute Gasteiger partial charge is 0.325 e. The molecule has 1 unspecified atom stereocenters. The van der Waals surface area contributed by atoms with Crippen molar-refractivity contribution in [1.82, 2.24) is 10.2 Å². The zero-order valence-corrected chi connectivity index (χ0v) is 13.3. The minimum Gasteiger partial charge on any atom is -0.326 e. The molecule has 2 rings (SSSR count). The Bertz CT molecular complexity index is 605. The van der Waals surface area contributed by atoms with Crippen LogP contribution in [-0.2, 0) is 9.59 Å². The maximum absolute atomic E-state index is 12.1. The highest BCUT2D eigenvalue weighted by Crippen LogP contribution is 2.16. The van der Waals surface area contributed by atoms with Gasteiger partial charge in [-0.05, 0) is 43.0 Å². The molecule has 22 heavy (non-hydrogen) atoms. The Hall–Kier alpha value is -2.37. The van der Waals surface area contributed by atoms with Crippen LogP contribution in [0.2, 0.25) is 0 Å². The number of nitrogens with zero attached hydrogens (tertiary/aromatic N) is 1. The third-order valence-corrected chi connectivity index (χ3v) is 3.53. The summed E-state index contributed by atoms with van der Waals surface area (Å²) in [5.74, 6) is -0.752. The molecule has 6 nitrogen and oxygen atoms in total. The van der Waals surface area contributed by atoms with Gasteiger partial charge in [0.15, 0.2) is 0 Å². The normalized spacial score (nSPS) is 17.9. The largest absolute Gasteiger partial charge is 0.326 e. The highest BCUT2D eigenvalue weighted by molar-refractivity contribution is 6.08. The van der Waals surface area contributed by atoms with Gasteiger partial charge in [0.25, 0.3) is 5.91 Å². The monoisotopic (exact) mass is 303 g/mol. The first-order chi connectivity index (χ1) is 10.3. The fraction of sp³-hybridized carbons (Fsp3) is 0.438. The molecule has 118 valence electrons. The van der Waals surface area contributed by atoms with E-state index in [2.05, 4.69) is 10.6 Å². The van der Waals surface area contributed by atoms with Crippen LogP contribution in [0.4, 0.5) is 10.5 Å². The lowest BCUT2D eigenvalue weighted by Gasteiger charge is -2.14.